The van der Waals surface area contributed by atoms with E-state index >= 15 is 0 Å². The molecule has 3 aromatic rings. The standard InChI is InChI=1S/C14H8ClN5O3S2/c1-16-12-11-8(6-17-13(12)15)14(24-20-11)19-18-7-3-4-9(21)10(5-7)25(2,22)23/h3-6,21H,2H3/b19-18+. The fourth-order valence-electron chi connectivity index (χ4n) is 1.99. The zero-order valence-corrected chi connectivity index (χ0v) is 14.9. The highest BCUT2D eigenvalue weighted by molar-refractivity contribution is 7.90. The Hall–Kier alpha value is -2.61. The van der Waals surface area contributed by atoms with E-state index in [1.54, 1.807) is 0 Å². The number of nitrogens with zero attached hydrogens (tertiary/aromatic N) is 5. The van der Waals surface area contributed by atoms with Crippen molar-refractivity contribution < 1.29 is 13.5 Å². The second kappa shape index (κ2) is 6.36. The molecule has 11 heteroatoms. The van der Waals surface area contributed by atoms with Crippen LogP contribution in [0.1, 0.15) is 0 Å². The van der Waals surface area contributed by atoms with E-state index in [1.165, 1.54) is 24.4 Å². The highest BCUT2D eigenvalue weighted by Gasteiger charge is 2.15. The number of rotatable bonds is 3. The molecule has 0 aliphatic carbocycles. The van der Waals surface area contributed by atoms with Gasteiger partial charge < -0.3 is 5.11 Å². The zero-order valence-electron chi connectivity index (χ0n) is 12.5. The van der Waals surface area contributed by atoms with Gasteiger partial charge >= 0.3 is 0 Å². The number of phenolic OH excluding ortho intramolecular Hbond substituents is 1. The lowest BCUT2D eigenvalue weighted by molar-refractivity contribution is 0.459. The molecule has 3 rings (SSSR count). The van der Waals surface area contributed by atoms with Crippen LogP contribution in [-0.4, -0.2) is 29.1 Å². The first-order chi connectivity index (χ1) is 11.8. The maximum atomic E-state index is 11.6. The SMILES string of the molecule is [C-]#[N+]c1c(Cl)ncc2c(/N=N/c3ccc(O)c(S(C)(=O)=O)c3)snc12. The molecule has 0 unspecified atom stereocenters. The number of azo groups is 1. The smallest absolute Gasteiger partial charge is 0.250 e. The minimum Gasteiger partial charge on any atom is -0.507 e. The van der Waals surface area contributed by atoms with Gasteiger partial charge in [0.05, 0.1) is 17.8 Å². The van der Waals surface area contributed by atoms with Crippen LogP contribution in [0, 0.1) is 6.57 Å². The Morgan fingerprint density at radius 1 is 1.36 bits per heavy atom. The summed E-state index contributed by atoms with van der Waals surface area (Å²) in [7, 11) is -3.60. The first kappa shape index (κ1) is 17.2. The van der Waals surface area contributed by atoms with Crippen molar-refractivity contribution in [3.63, 3.8) is 0 Å². The molecule has 0 saturated heterocycles. The van der Waals surface area contributed by atoms with Crippen molar-refractivity contribution in [2.75, 3.05) is 6.26 Å². The summed E-state index contributed by atoms with van der Waals surface area (Å²) in [5, 5.41) is 18.6. The van der Waals surface area contributed by atoms with Gasteiger partial charge in [-0.1, -0.05) is 11.6 Å². The minimum absolute atomic E-state index is 0.0626. The summed E-state index contributed by atoms with van der Waals surface area (Å²) in [5.74, 6) is -0.356. The van der Waals surface area contributed by atoms with E-state index in [0.717, 1.165) is 17.8 Å². The van der Waals surface area contributed by atoms with Crippen LogP contribution >= 0.6 is 23.1 Å². The summed E-state index contributed by atoms with van der Waals surface area (Å²) in [6.45, 7) is 7.15. The Balaban J connectivity index is 2.04. The number of phenols is 1. The van der Waals surface area contributed by atoms with Crippen molar-refractivity contribution in [2.24, 2.45) is 10.2 Å². The van der Waals surface area contributed by atoms with Crippen molar-refractivity contribution in [3.8, 4) is 5.75 Å². The molecular formula is C14H8ClN5O3S2. The Morgan fingerprint density at radius 3 is 2.80 bits per heavy atom. The Kier molecular flexibility index (Phi) is 4.38. The highest BCUT2D eigenvalue weighted by Crippen LogP contribution is 2.39. The normalized spacial score (nSPS) is 11.9. The van der Waals surface area contributed by atoms with Crippen LogP contribution in [0.25, 0.3) is 15.7 Å². The van der Waals surface area contributed by atoms with E-state index in [0.29, 0.717) is 15.9 Å². The van der Waals surface area contributed by atoms with Gasteiger partial charge in [-0.05, 0) is 29.7 Å². The molecule has 0 spiro atoms. The van der Waals surface area contributed by atoms with Crippen molar-refractivity contribution in [1.82, 2.24) is 9.36 Å². The summed E-state index contributed by atoms with van der Waals surface area (Å²) >= 11 is 6.88. The van der Waals surface area contributed by atoms with Gasteiger partial charge in [-0.25, -0.2) is 17.6 Å². The summed E-state index contributed by atoms with van der Waals surface area (Å²) in [6.07, 6.45) is 2.43. The molecule has 0 radical (unpaired) electrons. The molecule has 1 aromatic carbocycles. The summed E-state index contributed by atoms with van der Waals surface area (Å²) in [6, 6.07) is 3.88. The van der Waals surface area contributed by atoms with Crippen molar-refractivity contribution in [1.29, 1.82) is 0 Å². The quantitative estimate of drug-likeness (QED) is 0.402. The van der Waals surface area contributed by atoms with Gasteiger partial charge in [0.1, 0.15) is 15.8 Å². The molecule has 0 saturated carbocycles. The van der Waals surface area contributed by atoms with E-state index in [1.807, 2.05) is 0 Å². The molecule has 0 amide bonds. The number of hydrogen-bond acceptors (Lipinski definition) is 8. The van der Waals surface area contributed by atoms with Gasteiger partial charge in [0.25, 0.3) is 0 Å². The number of sulfone groups is 1. The fraction of sp³-hybridized carbons (Fsp3) is 0.0714. The Morgan fingerprint density at radius 2 is 2.12 bits per heavy atom. The molecule has 0 atom stereocenters. The maximum absolute atomic E-state index is 11.6. The monoisotopic (exact) mass is 393 g/mol. The summed E-state index contributed by atoms with van der Waals surface area (Å²) in [5.41, 5.74) is 0.768. The van der Waals surface area contributed by atoms with Gasteiger partial charge in [-0.2, -0.15) is 0 Å². The molecule has 25 heavy (non-hydrogen) atoms. The topological polar surface area (TPSA) is 109 Å². The third-order valence-electron chi connectivity index (χ3n) is 3.15. The molecule has 0 aliphatic heterocycles. The summed E-state index contributed by atoms with van der Waals surface area (Å²) in [4.78, 5) is 7.01. The van der Waals surface area contributed by atoms with E-state index in [2.05, 4.69) is 24.4 Å². The number of aromatic hydroxyl groups is 1. The van der Waals surface area contributed by atoms with Crippen molar-refractivity contribution in [3.05, 3.63) is 41.0 Å². The van der Waals surface area contributed by atoms with Crippen LogP contribution in [0.15, 0.2) is 39.5 Å². The molecule has 2 aromatic heterocycles. The van der Waals surface area contributed by atoms with Gasteiger partial charge in [0, 0.05) is 17.8 Å². The largest absolute Gasteiger partial charge is 0.507 e. The predicted molar refractivity (Wildman–Crippen MR) is 94.1 cm³/mol. The van der Waals surface area contributed by atoms with Crippen molar-refractivity contribution >= 4 is 60.2 Å². The van der Waals surface area contributed by atoms with Crippen LogP contribution < -0.4 is 0 Å². The molecule has 2 heterocycles. The van der Waals surface area contributed by atoms with E-state index < -0.39 is 9.84 Å². The average molecular weight is 394 g/mol. The second-order valence-electron chi connectivity index (χ2n) is 4.88. The maximum Gasteiger partial charge on any atom is 0.250 e. The van der Waals surface area contributed by atoms with Crippen LogP contribution in [0.4, 0.5) is 16.4 Å². The molecular weight excluding hydrogens is 386 g/mol. The highest BCUT2D eigenvalue weighted by atomic mass is 35.5. The molecule has 1 N–H and O–H groups in total. The number of fused-ring (bicyclic) bond motifs is 1. The van der Waals surface area contributed by atoms with Crippen LogP contribution in [0.5, 0.6) is 5.75 Å². The van der Waals surface area contributed by atoms with Crippen LogP contribution in [0.3, 0.4) is 0 Å². The van der Waals surface area contributed by atoms with Gasteiger partial charge in [-0.3, -0.25) is 4.98 Å². The molecule has 126 valence electrons. The molecule has 8 nitrogen and oxygen atoms in total. The second-order valence-corrected chi connectivity index (χ2v) is 7.98. The Bertz CT molecular complexity index is 1170. The number of aromatic nitrogens is 2. The third kappa shape index (κ3) is 3.30. The average Bonchev–Trinajstić information content (AvgIpc) is 2.96. The van der Waals surface area contributed by atoms with Gasteiger partial charge in [0.15, 0.2) is 14.8 Å². The van der Waals surface area contributed by atoms with Crippen molar-refractivity contribution in [2.45, 2.75) is 4.90 Å². The third-order valence-corrected chi connectivity index (χ3v) is 5.30. The van der Waals surface area contributed by atoms with E-state index in [9.17, 15) is 13.5 Å². The lowest BCUT2D eigenvalue weighted by Crippen LogP contribution is -1.96. The fourth-order valence-corrected chi connectivity index (χ4v) is 3.64. The first-order valence-electron chi connectivity index (χ1n) is 6.57. The van der Waals surface area contributed by atoms with E-state index in [-0.39, 0.29) is 27.2 Å². The lowest BCUT2D eigenvalue weighted by atomic mass is 10.3. The predicted octanol–water partition coefficient (Wildman–Crippen LogP) is 4.42. The van der Waals surface area contributed by atoms with E-state index in [4.69, 9.17) is 18.2 Å². The number of hydrogen-bond donors (Lipinski definition) is 1. The molecule has 0 bridgehead atoms. The minimum atomic E-state index is -3.60. The molecule has 0 fully saturated rings. The zero-order chi connectivity index (χ0) is 18.2. The summed E-state index contributed by atoms with van der Waals surface area (Å²) < 4.78 is 27.4. The Labute approximate surface area is 151 Å². The molecule has 0 aliphatic rings. The number of pyridine rings is 1. The van der Waals surface area contributed by atoms with Gasteiger partial charge in [-0.15, -0.1) is 10.2 Å². The van der Waals surface area contributed by atoms with Crippen LogP contribution in [0.2, 0.25) is 5.15 Å². The van der Waals surface area contributed by atoms with Gasteiger partial charge in [0.2, 0.25) is 5.69 Å². The van der Waals surface area contributed by atoms with Crippen LogP contribution in [-0.2, 0) is 9.84 Å². The number of halogens is 1. The first-order valence-corrected chi connectivity index (χ1v) is 9.61. The number of benzene rings is 1. The lowest BCUT2D eigenvalue weighted by Gasteiger charge is -2.02.